The van der Waals surface area contributed by atoms with Crippen LogP contribution in [0.1, 0.15) is 31.5 Å². The molecule has 0 saturated heterocycles. The molecule has 1 aromatic heterocycles. The first-order valence-electron chi connectivity index (χ1n) is 8.23. The maximum absolute atomic E-state index is 9.25. The number of benzene rings is 1. The van der Waals surface area contributed by atoms with Gasteiger partial charge in [-0.2, -0.15) is 10.2 Å². The minimum Gasteiger partial charge on any atom is -0.419 e. The Morgan fingerprint density at radius 2 is 2.00 bits per heavy atom. The summed E-state index contributed by atoms with van der Waals surface area (Å²) >= 11 is 0. The average molecular weight is 313 g/mol. The number of anilines is 1. The summed E-state index contributed by atoms with van der Waals surface area (Å²) in [5.41, 5.74) is 2.32. The molecule has 2 N–H and O–H groups in total. The Bertz CT molecular complexity index is 668. The van der Waals surface area contributed by atoms with Crippen LogP contribution in [-0.4, -0.2) is 31.2 Å². The van der Waals surface area contributed by atoms with Crippen LogP contribution in [0.5, 0.6) is 0 Å². The monoisotopic (exact) mass is 313 g/mol. The lowest BCUT2D eigenvalue weighted by Crippen LogP contribution is -3.11. The van der Waals surface area contributed by atoms with Gasteiger partial charge in [-0.25, -0.2) is 0 Å². The molecule has 0 aliphatic rings. The number of hydrogen-bond acceptors (Lipinski definition) is 4. The molecule has 0 saturated carbocycles. The summed E-state index contributed by atoms with van der Waals surface area (Å²) in [5.74, 6) is 0.969. The van der Waals surface area contributed by atoms with Crippen molar-refractivity contribution in [3.63, 3.8) is 0 Å². The van der Waals surface area contributed by atoms with Crippen LogP contribution in [0.2, 0.25) is 0 Å². The van der Waals surface area contributed by atoms with E-state index in [1.54, 1.807) is 4.90 Å². The molecular formula is C18H25N4O+. The summed E-state index contributed by atoms with van der Waals surface area (Å²) in [7, 11) is 0. The molecule has 122 valence electrons. The van der Waals surface area contributed by atoms with Crippen molar-refractivity contribution in [2.75, 3.05) is 31.5 Å². The van der Waals surface area contributed by atoms with Crippen molar-refractivity contribution in [3.05, 3.63) is 35.5 Å². The lowest BCUT2D eigenvalue weighted by molar-refractivity contribution is -0.896. The van der Waals surface area contributed by atoms with Crippen LogP contribution in [-0.2, 0) is 0 Å². The molecule has 2 aromatic rings. The van der Waals surface area contributed by atoms with Crippen LogP contribution in [0.4, 0.5) is 5.88 Å². The maximum atomic E-state index is 9.25. The SMILES string of the molecule is CC[NH+](CC)CCCNc1oc(-c2ccccc2C)nc1C#N. The minimum atomic E-state index is 0.318. The van der Waals surface area contributed by atoms with E-state index >= 15 is 0 Å². The minimum absolute atomic E-state index is 0.318. The molecule has 23 heavy (non-hydrogen) atoms. The molecule has 0 fully saturated rings. The molecule has 0 amide bonds. The highest BCUT2D eigenvalue weighted by molar-refractivity contribution is 5.62. The number of oxazole rings is 1. The first-order chi connectivity index (χ1) is 11.2. The Labute approximate surface area is 137 Å². The molecule has 0 aliphatic heterocycles. The highest BCUT2D eigenvalue weighted by atomic mass is 16.4. The lowest BCUT2D eigenvalue weighted by Gasteiger charge is -2.14. The van der Waals surface area contributed by atoms with Crippen LogP contribution < -0.4 is 10.2 Å². The van der Waals surface area contributed by atoms with Crippen LogP contribution in [0.25, 0.3) is 11.5 Å². The van der Waals surface area contributed by atoms with Gasteiger partial charge in [0.1, 0.15) is 6.07 Å². The fourth-order valence-electron chi connectivity index (χ4n) is 2.59. The van der Waals surface area contributed by atoms with Gasteiger partial charge in [-0.05, 0) is 32.4 Å². The van der Waals surface area contributed by atoms with Crippen LogP contribution in [0.15, 0.2) is 28.7 Å². The van der Waals surface area contributed by atoms with E-state index in [2.05, 4.69) is 30.2 Å². The Morgan fingerprint density at radius 3 is 2.65 bits per heavy atom. The predicted molar refractivity (Wildman–Crippen MR) is 91.4 cm³/mol. The Balaban J connectivity index is 2.03. The first-order valence-corrected chi connectivity index (χ1v) is 8.23. The standard InChI is InChI=1S/C18H24N4O/c1-4-22(5-2)12-8-11-20-18-16(13-19)21-17(23-18)15-10-7-6-9-14(15)3/h6-7,9-10,20H,4-5,8,11-12H2,1-3H3/p+1. The number of nitriles is 1. The number of aryl methyl sites for hydroxylation is 1. The molecule has 0 spiro atoms. The smallest absolute Gasteiger partial charge is 0.232 e. The van der Waals surface area contributed by atoms with Gasteiger partial charge in [0.15, 0.2) is 0 Å². The Kier molecular flexibility index (Phi) is 6.19. The van der Waals surface area contributed by atoms with E-state index in [1.165, 1.54) is 0 Å². The van der Waals surface area contributed by atoms with E-state index < -0.39 is 0 Å². The lowest BCUT2D eigenvalue weighted by atomic mass is 10.1. The van der Waals surface area contributed by atoms with Gasteiger partial charge in [0.25, 0.3) is 0 Å². The van der Waals surface area contributed by atoms with Crippen molar-refractivity contribution < 1.29 is 9.32 Å². The van der Waals surface area contributed by atoms with Gasteiger partial charge in [0.05, 0.1) is 19.6 Å². The van der Waals surface area contributed by atoms with Crippen molar-refractivity contribution >= 4 is 5.88 Å². The zero-order valence-corrected chi connectivity index (χ0v) is 14.1. The van der Waals surface area contributed by atoms with Crippen molar-refractivity contribution in [1.82, 2.24) is 4.98 Å². The quantitative estimate of drug-likeness (QED) is 0.734. The second kappa shape index (κ2) is 8.35. The van der Waals surface area contributed by atoms with E-state index in [9.17, 15) is 5.26 Å². The van der Waals surface area contributed by atoms with Crippen LogP contribution in [0.3, 0.4) is 0 Å². The zero-order valence-electron chi connectivity index (χ0n) is 14.1. The van der Waals surface area contributed by atoms with E-state index in [4.69, 9.17) is 4.42 Å². The van der Waals surface area contributed by atoms with Crippen LogP contribution >= 0.6 is 0 Å². The fraction of sp³-hybridized carbons (Fsp3) is 0.444. The number of quaternary nitrogens is 1. The number of aromatic nitrogens is 1. The van der Waals surface area contributed by atoms with Gasteiger partial charge in [-0.1, -0.05) is 18.2 Å². The third kappa shape index (κ3) is 4.33. The predicted octanol–water partition coefficient (Wildman–Crippen LogP) is 2.25. The van der Waals surface area contributed by atoms with Gasteiger partial charge in [0.2, 0.25) is 17.5 Å². The first kappa shape index (κ1) is 17.0. The molecule has 0 bridgehead atoms. The average Bonchev–Trinajstić information content (AvgIpc) is 2.98. The number of nitrogens with zero attached hydrogens (tertiary/aromatic N) is 2. The molecule has 0 radical (unpaired) electrons. The third-order valence-corrected chi connectivity index (χ3v) is 4.10. The van der Waals surface area contributed by atoms with Crippen molar-refractivity contribution in [2.45, 2.75) is 27.2 Å². The summed E-state index contributed by atoms with van der Waals surface area (Å²) in [5, 5.41) is 12.5. The van der Waals surface area contributed by atoms with Gasteiger partial charge in [-0.15, -0.1) is 0 Å². The van der Waals surface area contributed by atoms with E-state index in [0.29, 0.717) is 17.5 Å². The molecule has 5 nitrogen and oxygen atoms in total. The molecule has 2 rings (SSSR count). The second-order valence-electron chi connectivity index (χ2n) is 5.61. The summed E-state index contributed by atoms with van der Waals surface area (Å²) in [6, 6.07) is 9.98. The Morgan fingerprint density at radius 1 is 1.26 bits per heavy atom. The van der Waals surface area contributed by atoms with Crippen molar-refractivity contribution in [3.8, 4) is 17.5 Å². The third-order valence-electron chi connectivity index (χ3n) is 4.10. The molecule has 0 unspecified atom stereocenters. The highest BCUT2D eigenvalue weighted by Gasteiger charge is 2.15. The zero-order chi connectivity index (χ0) is 16.7. The second-order valence-corrected chi connectivity index (χ2v) is 5.61. The van der Waals surface area contributed by atoms with Gasteiger partial charge in [-0.3, -0.25) is 0 Å². The van der Waals surface area contributed by atoms with E-state index in [0.717, 1.165) is 43.7 Å². The summed E-state index contributed by atoms with van der Waals surface area (Å²) in [6.45, 7) is 10.6. The maximum Gasteiger partial charge on any atom is 0.232 e. The summed E-state index contributed by atoms with van der Waals surface area (Å²) in [6.07, 6.45) is 1.03. The summed E-state index contributed by atoms with van der Waals surface area (Å²) in [4.78, 5) is 5.88. The molecule has 0 aliphatic carbocycles. The number of hydrogen-bond donors (Lipinski definition) is 2. The molecule has 0 atom stereocenters. The van der Waals surface area contributed by atoms with Gasteiger partial charge < -0.3 is 14.6 Å². The number of nitrogens with one attached hydrogen (secondary N) is 2. The van der Waals surface area contributed by atoms with Gasteiger partial charge in [0, 0.05) is 18.5 Å². The van der Waals surface area contributed by atoms with Crippen molar-refractivity contribution in [2.24, 2.45) is 0 Å². The normalized spacial score (nSPS) is 10.7. The van der Waals surface area contributed by atoms with Gasteiger partial charge >= 0.3 is 0 Å². The van der Waals surface area contributed by atoms with E-state index in [1.807, 2.05) is 31.2 Å². The van der Waals surface area contributed by atoms with E-state index in [-0.39, 0.29) is 0 Å². The molecule has 5 heteroatoms. The van der Waals surface area contributed by atoms with Crippen molar-refractivity contribution in [1.29, 1.82) is 5.26 Å². The highest BCUT2D eigenvalue weighted by Crippen LogP contribution is 2.27. The van der Waals surface area contributed by atoms with Crippen LogP contribution in [0, 0.1) is 18.3 Å². The largest absolute Gasteiger partial charge is 0.419 e. The fourth-order valence-corrected chi connectivity index (χ4v) is 2.59. The topological polar surface area (TPSA) is 66.3 Å². The Hall–Kier alpha value is -2.32. The number of rotatable bonds is 8. The molecular weight excluding hydrogens is 288 g/mol. The molecule has 1 heterocycles. The molecule has 1 aromatic carbocycles. The summed E-state index contributed by atoms with van der Waals surface area (Å²) < 4.78 is 5.78.